The van der Waals surface area contributed by atoms with Gasteiger partial charge in [0.2, 0.25) is 5.91 Å². The van der Waals surface area contributed by atoms with Crippen LogP contribution in [0.25, 0.3) is 0 Å². The number of halogens is 2. The summed E-state index contributed by atoms with van der Waals surface area (Å²) in [6, 6.07) is 9.51. The van der Waals surface area contributed by atoms with Crippen molar-refractivity contribution in [2.75, 3.05) is 11.1 Å². The van der Waals surface area contributed by atoms with Gasteiger partial charge in [0.25, 0.3) is 0 Å². The Morgan fingerprint density at radius 1 is 1.14 bits per heavy atom. The number of rotatable bonds is 2. The zero-order chi connectivity index (χ0) is 15.0. The summed E-state index contributed by atoms with van der Waals surface area (Å²) in [6.07, 6.45) is 1.23. The molecule has 0 fully saturated rings. The number of amides is 1. The molecule has 21 heavy (non-hydrogen) atoms. The maximum absolute atomic E-state index is 13.7. The quantitative estimate of drug-likeness (QED) is 0.835. The summed E-state index contributed by atoms with van der Waals surface area (Å²) in [6.45, 7) is 0. The molecule has 5 heteroatoms. The Balaban J connectivity index is 1.77. The van der Waals surface area contributed by atoms with E-state index in [0.717, 1.165) is 17.2 Å². The fourth-order valence-electron chi connectivity index (χ4n) is 2.69. The summed E-state index contributed by atoms with van der Waals surface area (Å²) in [7, 11) is 0. The third kappa shape index (κ3) is 2.59. The van der Waals surface area contributed by atoms with Crippen LogP contribution in [0.4, 0.5) is 20.2 Å². The van der Waals surface area contributed by atoms with Crippen molar-refractivity contribution in [1.29, 1.82) is 0 Å². The molecule has 0 saturated heterocycles. The molecule has 0 atom stereocenters. The highest BCUT2D eigenvalue weighted by atomic mass is 19.1. The zero-order valence-corrected chi connectivity index (χ0v) is 11.2. The number of fused-ring (bicyclic) bond motifs is 1. The van der Waals surface area contributed by atoms with Crippen molar-refractivity contribution in [3.8, 4) is 0 Å². The lowest BCUT2D eigenvalue weighted by Gasteiger charge is -2.13. The van der Waals surface area contributed by atoms with Gasteiger partial charge in [-0.1, -0.05) is 24.3 Å². The Morgan fingerprint density at radius 2 is 1.76 bits per heavy atom. The minimum Gasteiger partial charge on any atom is -0.397 e. The van der Waals surface area contributed by atoms with Crippen molar-refractivity contribution in [2.24, 2.45) is 5.92 Å². The summed E-state index contributed by atoms with van der Waals surface area (Å²) in [5.74, 6) is -2.19. The van der Waals surface area contributed by atoms with Crippen LogP contribution >= 0.6 is 0 Å². The number of hydrogen-bond donors (Lipinski definition) is 2. The first-order chi connectivity index (χ1) is 10.0. The van der Waals surface area contributed by atoms with Gasteiger partial charge in [0.1, 0.15) is 11.5 Å². The molecule has 1 aliphatic carbocycles. The number of carbonyl (C=O) groups excluding carboxylic acids is 1. The molecule has 108 valence electrons. The first-order valence-corrected chi connectivity index (χ1v) is 6.67. The standard InChI is InChI=1S/C16H14F2N2O/c17-12-7-13(18)15(14(19)8-12)20-16(21)11-5-9-3-1-2-4-10(9)6-11/h1-4,7-8,11H,5-6,19H2,(H,20,21). The lowest BCUT2D eigenvalue weighted by molar-refractivity contribution is -0.119. The van der Waals surface area contributed by atoms with Crippen molar-refractivity contribution in [1.82, 2.24) is 0 Å². The number of hydrogen-bond acceptors (Lipinski definition) is 2. The molecule has 0 spiro atoms. The van der Waals surface area contributed by atoms with Crippen LogP contribution in [0.1, 0.15) is 11.1 Å². The van der Waals surface area contributed by atoms with E-state index in [-0.39, 0.29) is 23.2 Å². The third-order valence-corrected chi connectivity index (χ3v) is 3.76. The van der Waals surface area contributed by atoms with Crippen LogP contribution < -0.4 is 11.1 Å². The monoisotopic (exact) mass is 288 g/mol. The highest BCUT2D eigenvalue weighted by Gasteiger charge is 2.28. The second kappa shape index (κ2) is 5.16. The van der Waals surface area contributed by atoms with Crippen molar-refractivity contribution < 1.29 is 13.6 Å². The average Bonchev–Trinajstić information content (AvgIpc) is 2.86. The molecule has 2 aromatic rings. The molecule has 3 rings (SSSR count). The van der Waals surface area contributed by atoms with E-state index < -0.39 is 11.6 Å². The van der Waals surface area contributed by atoms with Gasteiger partial charge in [-0.2, -0.15) is 0 Å². The van der Waals surface area contributed by atoms with Gasteiger partial charge in [0, 0.05) is 12.0 Å². The van der Waals surface area contributed by atoms with Gasteiger partial charge in [-0.05, 0) is 30.0 Å². The molecule has 3 N–H and O–H groups in total. The summed E-state index contributed by atoms with van der Waals surface area (Å²) in [4.78, 5) is 12.2. The van der Waals surface area contributed by atoms with E-state index in [9.17, 15) is 13.6 Å². The predicted octanol–water partition coefficient (Wildman–Crippen LogP) is 2.90. The van der Waals surface area contributed by atoms with Crippen molar-refractivity contribution in [2.45, 2.75) is 12.8 Å². The highest BCUT2D eigenvalue weighted by molar-refractivity contribution is 5.96. The Kier molecular flexibility index (Phi) is 3.33. The number of nitrogen functional groups attached to an aromatic ring is 1. The topological polar surface area (TPSA) is 55.1 Å². The highest BCUT2D eigenvalue weighted by Crippen LogP contribution is 2.29. The zero-order valence-electron chi connectivity index (χ0n) is 11.2. The number of anilines is 2. The third-order valence-electron chi connectivity index (χ3n) is 3.76. The first kappa shape index (κ1) is 13.5. The molecule has 2 aromatic carbocycles. The summed E-state index contributed by atoms with van der Waals surface area (Å²) in [5, 5.41) is 2.48. The van der Waals surface area contributed by atoms with Crippen LogP contribution in [0.15, 0.2) is 36.4 Å². The fraction of sp³-hybridized carbons (Fsp3) is 0.188. The SMILES string of the molecule is Nc1cc(F)cc(F)c1NC(=O)C1Cc2ccccc2C1. The molecule has 0 bridgehead atoms. The largest absolute Gasteiger partial charge is 0.397 e. The molecule has 1 amide bonds. The van der Waals surface area contributed by atoms with E-state index in [2.05, 4.69) is 5.32 Å². The van der Waals surface area contributed by atoms with Crippen LogP contribution in [-0.2, 0) is 17.6 Å². The van der Waals surface area contributed by atoms with Gasteiger partial charge < -0.3 is 11.1 Å². The second-order valence-electron chi connectivity index (χ2n) is 5.21. The molecule has 0 aliphatic heterocycles. The van der Waals surface area contributed by atoms with Crippen molar-refractivity contribution in [3.63, 3.8) is 0 Å². The smallest absolute Gasteiger partial charge is 0.228 e. The lowest BCUT2D eigenvalue weighted by atomic mass is 10.1. The van der Waals surface area contributed by atoms with Crippen LogP contribution in [-0.4, -0.2) is 5.91 Å². The van der Waals surface area contributed by atoms with Gasteiger partial charge in [0.15, 0.2) is 5.82 Å². The van der Waals surface area contributed by atoms with E-state index in [1.54, 1.807) is 0 Å². The van der Waals surface area contributed by atoms with E-state index in [4.69, 9.17) is 5.73 Å². The van der Waals surface area contributed by atoms with E-state index in [1.165, 1.54) is 0 Å². The minimum absolute atomic E-state index is 0.114. The Hall–Kier alpha value is -2.43. The first-order valence-electron chi connectivity index (χ1n) is 6.67. The predicted molar refractivity (Wildman–Crippen MR) is 76.7 cm³/mol. The molecule has 0 unspecified atom stereocenters. The van der Waals surface area contributed by atoms with Crippen LogP contribution in [0.3, 0.4) is 0 Å². The van der Waals surface area contributed by atoms with Crippen molar-refractivity contribution >= 4 is 17.3 Å². The van der Waals surface area contributed by atoms with Gasteiger partial charge >= 0.3 is 0 Å². The van der Waals surface area contributed by atoms with Gasteiger partial charge in [-0.3, -0.25) is 4.79 Å². The second-order valence-corrected chi connectivity index (χ2v) is 5.21. The molecular formula is C16H14F2N2O. The van der Waals surface area contributed by atoms with Crippen LogP contribution in [0.2, 0.25) is 0 Å². The lowest BCUT2D eigenvalue weighted by Crippen LogP contribution is -2.24. The van der Waals surface area contributed by atoms with E-state index >= 15 is 0 Å². The Labute approximate surface area is 120 Å². The molecule has 0 aromatic heterocycles. The van der Waals surface area contributed by atoms with Gasteiger partial charge in [-0.25, -0.2) is 8.78 Å². The van der Waals surface area contributed by atoms with Crippen molar-refractivity contribution in [3.05, 3.63) is 59.2 Å². The molecule has 3 nitrogen and oxygen atoms in total. The van der Waals surface area contributed by atoms with Crippen LogP contribution in [0, 0.1) is 17.6 Å². The summed E-state index contributed by atoms with van der Waals surface area (Å²) >= 11 is 0. The maximum Gasteiger partial charge on any atom is 0.228 e. The maximum atomic E-state index is 13.7. The Morgan fingerprint density at radius 3 is 2.33 bits per heavy atom. The minimum atomic E-state index is -0.864. The summed E-state index contributed by atoms with van der Waals surface area (Å²) < 4.78 is 26.7. The molecule has 0 radical (unpaired) electrons. The molecule has 0 heterocycles. The van der Waals surface area contributed by atoms with Gasteiger partial charge in [0.05, 0.1) is 5.69 Å². The average molecular weight is 288 g/mol. The van der Waals surface area contributed by atoms with E-state index in [0.29, 0.717) is 18.9 Å². The normalized spacial score (nSPS) is 14.0. The van der Waals surface area contributed by atoms with Gasteiger partial charge in [-0.15, -0.1) is 0 Å². The Bertz CT molecular complexity index is 667. The number of benzene rings is 2. The number of carbonyl (C=O) groups is 1. The molecule has 1 aliphatic rings. The molecular weight excluding hydrogens is 274 g/mol. The molecule has 0 saturated carbocycles. The fourth-order valence-corrected chi connectivity index (χ4v) is 2.69. The summed E-state index contributed by atoms with van der Waals surface area (Å²) in [5.41, 5.74) is 7.55. The number of nitrogens with two attached hydrogens (primary N) is 1. The number of nitrogens with one attached hydrogen (secondary N) is 1. The van der Waals surface area contributed by atoms with E-state index in [1.807, 2.05) is 24.3 Å². The van der Waals surface area contributed by atoms with Crippen LogP contribution in [0.5, 0.6) is 0 Å².